The van der Waals surface area contributed by atoms with Gasteiger partial charge >= 0.3 is 5.97 Å². The third kappa shape index (κ3) is 1.82. The van der Waals surface area contributed by atoms with Gasteiger partial charge in [0.05, 0.1) is 11.1 Å². The third-order valence-electron chi connectivity index (χ3n) is 3.74. The van der Waals surface area contributed by atoms with Gasteiger partial charge in [-0.2, -0.15) is 0 Å². The minimum atomic E-state index is -1.37. The molecule has 1 atom stereocenters. The summed E-state index contributed by atoms with van der Waals surface area (Å²) in [7, 11) is 0. The Labute approximate surface area is 98.2 Å². The molecule has 0 aromatic carbocycles. The summed E-state index contributed by atoms with van der Waals surface area (Å²) in [5.74, 6) is -0.483. The fourth-order valence-corrected chi connectivity index (χ4v) is 2.22. The van der Waals surface area contributed by atoms with Crippen LogP contribution in [0, 0.1) is 5.92 Å². The SMILES string of the molecule is O=C(O)C(O)C1(c2cn(CC3CC3)nn2)CC1. The van der Waals surface area contributed by atoms with E-state index in [1.807, 2.05) is 0 Å². The molecule has 6 nitrogen and oxygen atoms in total. The van der Waals surface area contributed by atoms with E-state index in [4.69, 9.17) is 5.11 Å². The number of aliphatic hydroxyl groups is 1. The molecule has 0 saturated heterocycles. The number of nitrogens with zero attached hydrogens (tertiary/aromatic N) is 3. The van der Waals surface area contributed by atoms with Crippen LogP contribution in [-0.4, -0.2) is 37.3 Å². The first-order valence-corrected chi connectivity index (χ1v) is 5.93. The van der Waals surface area contributed by atoms with E-state index in [9.17, 15) is 9.90 Å². The van der Waals surface area contributed by atoms with E-state index in [1.165, 1.54) is 12.8 Å². The van der Waals surface area contributed by atoms with Gasteiger partial charge in [-0.25, -0.2) is 4.79 Å². The summed E-state index contributed by atoms with van der Waals surface area (Å²) >= 11 is 0. The Kier molecular flexibility index (Phi) is 2.22. The van der Waals surface area contributed by atoms with Gasteiger partial charge in [0.1, 0.15) is 0 Å². The third-order valence-corrected chi connectivity index (χ3v) is 3.74. The molecule has 0 amide bonds. The lowest BCUT2D eigenvalue weighted by Crippen LogP contribution is -2.34. The molecule has 1 heterocycles. The van der Waals surface area contributed by atoms with Crippen LogP contribution in [-0.2, 0) is 16.8 Å². The Morgan fingerprint density at radius 3 is 2.82 bits per heavy atom. The van der Waals surface area contributed by atoms with Gasteiger partial charge < -0.3 is 10.2 Å². The molecule has 2 aliphatic rings. The normalized spacial score (nSPS) is 23.4. The Hall–Kier alpha value is -1.43. The van der Waals surface area contributed by atoms with Crippen LogP contribution in [0.25, 0.3) is 0 Å². The number of aromatic nitrogens is 3. The largest absolute Gasteiger partial charge is 0.479 e. The van der Waals surface area contributed by atoms with E-state index in [0.717, 1.165) is 6.54 Å². The van der Waals surface area contributed by atoms with Gasteiger partial charge in [-0.3, -0.25) is 4.68 Å². The highest BCUT2D eigenvalue weighted by Gasteiger charge is 2.55. The monoisotopic (exact) mass is 237 g/mol. The highest BCUT2D eigenvalue weighted by molar-refractivity contribution is 5.75. The summed E-state index contributed by atoms with van der Waals surface area (Å²) < 4.78 is 1.77. The molecular formula is C11H15N3O3. The zero-order chi connectivity index (χ0) is 12.0. The van der Waals surface area contributed by atoms with Crippen molar-refractivity contribution >= 4 is 5.97 Å². The number of hydrogen-bond acceptors (Lipinski definition) is 4. The number of rotatable bonds is 5. The second-order valence-electron chi connectivity index (χ2n) is 5.17. The molecule has 3 rings (SSSR count). The minimum absolute atomic E-state index is 0.619. The van der Waals surface area contributed by atoms with Gasteiger partial charge in [0.2, 0.25) is 0 Å². The summed E-state index contributed by atoms with van der Waals surface area (Å²) in [6, 6.07) is 0. The van der Waals surface area contributed by atoms with Gasteiger partial charge in [-0.15, -0.1) is 5.10 Å². The first kappa shape index (κ1) is 10.7. The van der Waals surface area contributed by atoms with Crippen LogP contribution in [0.4, 0.5) is 0 Å². The highest BCUT2D eigenvalue weighted by Crippen LogP contribution is 2.50. The summed E-state index contributed by atoms with van der Waals surface area (Å²) in [5, 5.41) is 26.6. The Morgan fingerprint density at radius 1 is 1.59 bits per heavy atom. The lowest BCUT2D eigenvalue weighted by Gasteiger charge is -2.15. The van der Waals surface area contributed by atoms with Crippen LogP contribution >= 0.6 is 0 Å². The van der Waals surface area contributed by atoms with Crippen LogP contribution in [0.3, 0.4) is 0 Å². The van der Waals surface area contributed by atoms with E-state index in [2.05, 4.69) is 10.3 Å². The maximum absolute atomic E-state index is 10.8. The van der Waals surface area contributed by atoms with Crippen molar-refractivity contribution in [3.05, 3.63) is 11.9 Å². The zero-order valence-electron chi connectivity index (χ0n) is 9.41. The summed E-state index contributed by atoms with van der Waals surface area (Å²) in [4.78, 5) is 10.8. The highest BCUT2D eigenvalue weighted by atomic mass is 16.4. The summed E-state index contributed by atoms with van der Waals surface area (Å²) in [6.07, 6.45) is 4.23. The van der Waals surface area contributed by atoms with Crippen LogP contribution in [0.15, 0.2) is 6.20 Å². The number of carboxylic acids is 1. The summed E-state index contributed by atoms with van der Waals surface area (Å²) in [5.41, 5.74) is -0.0683. The first-order valence-electron chi connectivity index (χ1n) is 5.93. The molecule has 1 unspecified atom stereocenters. The molecule has 1 aromatic heterocycles. The number of carboxylic acid groups (broad SMARTS) is 1. The molecule has 6 heteroatoms. The van der Waals surface area contributed by atoms with Crippen molar-refractivity contribution in [1.29, 1.82) is 0 Å². The predicted octanol–water partition coefficient (Wildman–Crippen LogP) is 0.165. The van der Waals surface area contributed by atoms with Gasteiger partial charge in [-0.05, 0) is 31.6 Å². The van der Waals surface area contributed by atoms with E-state index in [0.29, 0.717) is 24.5 Å². The lowest BCUT2D eigenvalue weighted by atomic mass is 9.96. The second-order valence-corrected chi connectivity index (χ2v) is 5.17. The molecule has 0 radical (unpaired) electrons. The smallest absolute Gasteiger partial charge is 0.333 e. The molecule has 1 aromatic rings. The average Bonchev–Trinajstić information content (AvgIpc) is 3.19. The van der Waals surface area contributed by atoms with Gasteiger partial charge in [0.25, 0.3) is 0 Å². The zero-order valence-corrected chi connectivity index (χ0v) is 9.41. The van der Waals surface area contributed by atoms with E-state index < -0.39 is 17.5 Å². The standard InChI is InChI=1S/C11H15N3O3/c15-9(10(16)17)11(3-4-11)8-6-14(13-12-8)5-7-1-2-7/h6-7,9,15H,1-5H2,(H,16,17). The van der Waals surface area contributed by atoms with Gasteiger partial charge in [-0.1, -0.05) is 5.21 Å². The fourth-order valence-electron chi connectivity index (χ4n) is 2.22. The van der Waals surface area contributed by atoms with Crippen LogP contribution in [0.5, 0.6) is 0 Å². The molecule has 0 spiro atoms. The first-order chi connectivity index (χ1) is 8.12. The van der Waals surface area contributed by atoms with Crippen molar-refractivity contribution in [2.45, 2.75) is 43.7 Å². The van der Waals surface area contributed by atoms with Crippen molar-refractivity contribution in [2.75, 3.05) is 0 Å². The fraction of sp³-hybridized carbons (Fsp3) is 0.727. The lowest BCUT2D eigenvalue weighted by molar-refractivity contribution is -0.148. The van der Waals surface area contributed by atoms with E-state index in [1.54, 1.807) is 10.9 Å². The molecular weight excluding hydrogens is 222 g/mol. The van der Waals surface area contributed by atoms with Crippen LogP contribution < -0.4 is 0 Å². The molecule has 2 N–H and O–H groups in total. The van der Waals surface area contributed by atoms with Crippen molar-refractivity contribution in [3.63, 3.8) is 0 Å². The summed E-state index contributed by atoms with van der Waals surface area (Å²) in [6.45, 7) is 0.853. The topological polar surface area (TPSA) is 88.2 Å². The van der Waals surface area contributed by atoms with E-state index in [-0.39, 0.29) is 0 Å². The Balaban J connectivity index is 1.78. The number of hydrogen-bond donors (Lipinski definition) is 2. The molecule has 2 saturated carbocycles. The second kappa shape index (κ2) is 3.53. The van der Waals surface area contributed by atoms with Crippen LogP contribution in [0.1, 0.15) is 31.4 Å². The van der Waals surface area contributed by atoms with Crippen molar-refractivity contribution in [3.8, 4) is 0 Å². The average molecular weight is 237 g/mol. The number of carbonyl (C=O) groups is 1. The molecule has 92 valence electrons. The molecule has 17 heavy (non-hydrogen) atoms. The maximum atomic E-state index is 10.8. The number of aliphatic hydroxyl groups excluding tert-OH is 1. The Morgan fingerprint density at radius 2 is 2.29 bits per heavy atom. The number of aliphatic carboxylic acids is 1. The predicted molar refractivity (Wildman–Crippen MR) is 57.3 cm³/mol. The van der Waals surface area contributed by atoms with Crippen molar-refractivity contribution in [2.24, 2.45) is 5.92 Å². The minimum Gasteiger partial charge on any atom is -0.479 e. The van der Waals surface area contributed by atoms with Crippen molar-refractivity contribution in [1.82, 2.24) is 15.0 Å². The van der Waals surface area contributed by atoms with E-state index >= 15 is 0 Å². The van der Waals surface area contributed by atoms with Gasteiger partial charge in [0.15, 0.2) is 6.10 Å². The molecule has 2 aliphatic carbocycles. The van der Waals surface area contributed by atoms with Crippen LogP contribution in [0.2, 0.25) is 0 Å². The van der Waals surface area contributed by atoms with Gasteiger partial charge in [0, 0.05) is 12.7 Å². The molecule has 0 bridgehead atoms. The maximum Gasteiger partial charge on any atom is 0.333 e. The molecule has 0 aliphatic heterocycles. The quantitative estimate of drug-likeness (QED) is 0.761. The molecule has 2 fully saturated rings. The Bertz CT molecular complexity index is 449. The van der Waals surface area contributed by atoms with Crippen molar-refractivity contribution < 1.29 is 15.0 Å².